The van der Waals surface area contributed by atoms with Crippen molar-refractivity contribution in [2.45, 2.75) is 3.53 Å². The Hall–Kier alpha value is 0.965. The van der Waals surface area contributed by atoms with Crippen LogP contribution in [0.4, 0.5) is 17.3 Å². The molecule has 0 radical (unpaired) electrons. The molecule has 0 heterocycles. The highest BCUT2D eigenvalue weighted by Gasteiger charge is 2.64. The fraction of sp³-hybridized carbons (Fsp3) is 1.00. The first-order valence-electron chi connectivity index (χ1n) is 4.95. The van der Waals surface area contributed by atoms with E-state index in [-0.39, 0.29) is 0 Å². The second kappa shape index (κ2) is 7.83. The van der Waals surface area contributed by atoms with Crippen LogP contribution in [-0.4, -0.2) is 67.1 Å². The van der Waals surface area contributed by atoms with Gasteiger partial charge in [-0.25, -0.2) is 0 Å². The Balaban J connectivity index is 0. The molecule has 0 aromatic carbocycles. The van der Waals surface area contributed by atoms with Gasteiger partial charge in [-0.1, -0.05) is 0 Å². The fourth-order valence-corrected chi connectivity index (χ4v) is 9.34. The minimum atomic E-state index is -6.00. The summed E-state index contributed by atoms with van der Waals surface area (Å²) >= 11 is 18.3. The molecule has 0 aromatic heterocycles. The van der Waals surface area contributed by atoms with Gasteiger partial charge in [0.05, 0.1) is 0 Å². The summed E-state index contributed by atoms with van der Waals surface area (Å²) in [6.07, 6.45) is 0. The summed E-state index contributed by atoms with van der Waals surface area (Å²) in [5, 5.41) is 0. The number of hydrogen-bond acceptors (Lipinski definition) is 3. The SMILES string of the molecule is CN(C)[P+](N(C)C)(N(C)C)C(Cl)(Cl)Cl.F[B-](F)(F)F. The second-order valence-corrected chi connectivity index (χ2v) is 11.4. The van der Waals surface area contributed by atoms with E-state index in [1.165, 1.54) is 0 Å². The van der Waals surface area contributed by atoms with Crippen LogP contribution in [0.2, 0.25) is 0 Å². The molecule has 0 fully saturated rings. The predicted octanol–water partition coefficient (Wildman–Crippen LogP) is 4.06. The van der Waals surface area contributed by atoms with Gasteiger partial charge >= 0.3 is 10.8 Å². The van der Waals surface area contributed by atoms with Crippen LogP contribution in [0.15, 0.2) is 0 Å². The molecule has 3 nitrogen and oxygen atoms in total. The Bertz CT molecular complexity index is 246. The third-order valence-electron chi connectivity index (χ3n) is 2.01. The Morgan fingerprint density at radius 3 is 0.895 bits per heavy atom. The van der Waals surface area contributed by atoms with E-state index in [2.05, 4.69) is 0 Å². The summed E-state index contributed by atoms with van der Waals surface area (Å²) in [7, 11) is 3.46. The van der Waals surface area contributed by atoms with E-state index < -0.39 is 18.5 Å². The molecule has 0 aliphatic heterocycles. The molecule has 0 amide bonds. The molecule has 0 saturated carbocycles. The summed E-state index contributed by atoms with van der Waals surface area (Å²) in [6.45, 7) is 0. The van der Waals surface area contributed by atoms with Crippen molar-refractivity contribution in [3.8, 4) is 0 Å². The van der Waals surface area contributed by atoms with Crippen LogP contribution < -0.4 is 0 Å². The van der Waals surface area contributed by atoms with Crippen LogP contribution in [0, 0.1) is 0 Å². The van der Waals surface area contributed by atoms with Crippen LogP contribution in [0.3, 0.4) is 0 Å². The number of nitrogens with zero attached hydrogens (tertiary/aromatic N) is 3. The molecule has 0 rings (SSSR count). The maximum atomic E-state index is 9.75. The van der Waals surface area contributed by atoms with Gasteiger partial charge in [0, 0.05) is 42.3 Å². The van der Waals surface area contributed by atoms with Crippen molar-refractivity contribution < 1.29 is 17.3 Å². The van der Waals surface area contributed by atoms with E-state index in [1.54, 1.807) is 0 Å². The fourth-order valence-electron chi connectivity index (χ4n) is 1.75. The lowest BCUT2D eigenvalue weighted by Gasteiger charge is -2.43. The summed E-state index contributed by atoms with van der Waals surface area (Å²) in [6, 6.07) is 0. The van der Waals surface area contributed by atoms with Crippen molar-refractivity contribution in [2.75, 3.05) is 42.3 Å². The van der Waals surface area contributed by atoms with Gasteiger partial charge in [0.15, 0.2) is 0 Å². The molecule has 0 spiro atoms. The summed E-state index contributed by atoms with van der Waals surface area (Å²) in [5.74, 6) is 0. The molecule has 0 bridgehead atoms. The van der Waals surface area contributed by atoms with Gasteiger partial charge in [0.25, 0.3) is 7.71 Å². The van der Waals surface area contributed by atoms with E-state index in [9.17, 15) is 17.3 Å². The predicted molar refractivity (Wildman–Crippen MR) is 78.5 cm³/mol. The zero-order valence-electron chi connectivity index (χ0n) is 11.5. The van der Waals surface area contributed by atoms with Crippen LogP contribution in [0.25, 0.3) is 0 Å². The molecule has 12 heteroatoms. The number of rotatable bonds is 3. The second-order valence-electron chi connectivity index (χ2n) is 4.07. The van der Waals surface area contributed by atoms with Gasteiger partial charge < -0.3 is 17.3 Å². The largest absolute Gasteiger partial charge is 0.673 e. The first-order valence-corrected chi connectivity index (χ1v) is 7.73. The molecule has 0 unspecified atom stereocenters. The summed E-state index contributed by atoms with van der Waals surface area (Å²) in [5.41, 5.74) is 0. The first kappa shape index (κ1) is 22.2. The molecule has 0 aliphatic carbocycles. The van der Waals surface area contributed by atoms with E-state index in [1.807, 2.05) is 56.3 Å². The lowest BCUT2D eigenvalue weighted by molar-refractivity contribution is 0.368. The molecular formula is C7H18BCl3F4N3P. The van der Waals surface area contributed by atoms with Crippen molar-refractivity contribution in [3.63, 3.8) is 0 Å². The molecule has 0 N–H and O–H groups in total. The van der Waals surface area contributed by atoms with E-state index >= 15 is 0 Å². The van der Waals surface area contributed by atoms with E-state index in [4.69, 9.17) is 34.8 Å². The Kier molecular flexibility index (Phi) is 9.17. The quantitative estimate of drug-likeness (QED) is 0.322. The molecule has 118 valence electrons. The molecule has 0 saturated heterocycles. The topological polar surface area (TPSA) is 9.72 Å². The monoisotopic (exact) mass is 367 g/mol. The highest BCUT2D eigenvalue weighted by molar-refractivity contribution is 7.76. The van der Waals surface area contributed by atoms with Gasteiger partial charge in [0.1, 0.15) is 0 Å². The average Bonchev–Trinajstić information content (AvgIpc) is 1.93. The van der Waals surface area contributed by atoms with Crippen molar-refractivity contribution in [1.82, 2.24) is 14.0 Å². The van der Waals surface area contributed by atoms with Gasteiger partial charge in [-0.2, -0.15) is 14.0 Å². The van der Waals surface area contributed by atoms with Crippen molar-refractivity contribution >= 4 is 49.8 Å². The first-order chi connectivity index (χ1) is 8.08. The lowest BCUT2D eigenvalue weighted by atomic mass is 10.3. The third-order valence-corrected chi connectivity index (χ3v) is 8.08. The minimum absolute atomic E-state index is 1.32. The highest BCUT2D eigenvalue weighted by atomic mass is 35.6. The maximum absolute atomic E-state index is 9.75. The molecule has 0 atom stereocenters. The third kappa shape index (κ3) is 6.98. The van der Waals surface area contributed by atoms with Crippen molar-refractivity contribution in [2.24, 2.45) is 0 Å². The normalized spacial score (nSPS) is 13.9. The Morgan fingerprint density at radius 2 is 0.895 bits per heavy atom. The molecular weight excluding hydrogens is 350 g/mol. The standard InChI is InChI=1S/C7H18Cl3N3P.BF4/c1-11(2)14(12(3)4,13(5)6)7(8,9)10;2-1(3,4)5/h1-6H3;/q+1;-1. The lowest BCUT2D eigenvalue weighted by Crippen LogP contribution is -2.42. The Labute approximate surface area is 127 Å². The summed E-state index contributed by atoms with van der Waals surface area (Å²) in [4.78, 5) is 0. The summed E-state index contributed by atoms with van der Waals surface area (Å²) < 4.78 is 43.6. The minimum Gasteiger partial charge on any atom is -0.418 e. The van der Waals surface area contributed by atoms with Crippen LogP contribution in [-0.2, 0) is 0 Å². The smallest absolute Gasteiger partial charge is 0.418 e. The highest BCUT2D eigenvalue weighted by Crippen LogP contribution is 2.77. The number of halogens is 7. The molecule has 19 heavy (non-hydrogen) atoms. The zero-order chi connectivity index (χ0) is 16.2. The number of alkyl halides is 3. The van der Waals surface area contributed by atoms with Gasteiger partial charge in [-0.15, -0.1) is 0 Å². The average molecular weight is 368 g/mol. The van der Waals surface area contributed by atoms with Gasteiger partial charge in [-0.05, 0) is 34.8 Å². The van der Waals surface area contributed by atoms with Crippen molar-refractivity contribution in [3.05, 3.63) is 0 Å². The van der Waals surface area contributed by atoms with Crippen LogP contribution in [0.5, 0.6) is 0 Å². The molecule has 0 aromatic rings. The Morgan fingerprint density at radius 1 is 0.737 bits per heavy atom. The zero-order valence-corrected chi connectivity index (χ0v) is 14.7. The van der Waals surface area contributed by atoms with Crippen molar-refractivity contribution in [1.29, 1.82) is 0 Å². The maximum Gasteiger partial charge on any atom is 0.673 e. The molecule has 0 aliphatic rings. The van der Waals surface area contributed by atoms with E-state index in [0.717, 1.165) is 0 Å². The van der Waals surface area contributed by atoms with Gasteiger partial charge in [0.2, 0.25) is 0 Å². The van der Waals surface area contributed by atoms with Crippen LogP contribution >= 0.6 is 42.5 Å². The van der Waals surface area contributed by atoms with Gasteiger partial charge in [-0.3, -0.25) is 0 Å². The van der Waals surface area contributed by atoms with Crippen LogP contribution in [0.1, 0.15) is 0 Å². The van der Waals surface area contributed by atoms with E-state index in [0.29, 0.717) is 0 Å². The number of hydrogen-bond donors (Lipinski definition) is 0.